The highest BCUT2D eigenvalue weighted by Gasteiger charge is 2.13. The van der Waals surface area contributed by atoms with Crippen molar-refractivity contribution in [3.8, 4) is 0 Å². The standard InChI is InChI=1S/C9H16N4O/c1-13-11-6-9(12-13)5-10-8-3-2-4-14-7-8/h6,8,10H,2-5,7H2,1H3/t8-/m0/s1. The number of rotatable bonds is 3. The molecule has 0 aliphatic carbocycles. The van der Waals surface area contributed by atoms with E-state index in [1.54, 1.807) is 11.0 Å². The lowest BCUT2D eigenvalue weighted by molar-refractivity contribution is 0.0698. The zero-order valence-corrected chi connectivity index (χ0v) is 8.44. The maximum Gasteiger partial charge on any atom is 0.0964 e. The van der Waals surface area contributed by atoms with E-state index in [9.17, 15) is 0 Å². The van der Waals surface area contributed by atoms with Crippen LogP contribution in [0.5, 0.6) is 0 Å². The number of nitrogens with zero attached hydrogens (tertiary/aromatic N) is 3. The summed E-state index contributed by atoms with van der Waals surface area (Å²) < 4.78 is 5.37. The topological polar surface area (TPSA) is 52.0 Å². The quantitative estimate of drug-likeness (QED) is 0.744. The van der Waals surface area contributed by atoms with Gasteiger partial charge in [-0.2, -0.15) is 15.0 Å². The Labute approximate surface area is 83.4 Å². The molecule has 1 fully saturated rings. The lowest BCUT2D eigenvalue weighted by Crippen LogP contribution is -2.36. The van der Waals surface area contributed by atoms with Gasteiger partial charge >= 0.3 is 0 Å². The van der Waals surface area contributed by atoms with E-state index in [1.165, 1.54) is 6.42 Å². The van der Waals surface area contributed by atoms with Gasteiger partial charge in [0, 0.05) is 26.2 Å². The van der Waals surface area contributed by atoms with E-state index < -0.39 is 0 Å². The molecule has 5 nitrogen and oxygen atoms in total. The maximum absolute atomic E-state index is 5.37. The number of aryl methyl sites for hydroxylation is 1. The van der Waals surface area contributed by atoms with Crippen molar-refractivity contribution in [3.05, 3.63) is 11.9 Å². The van der Waals surface area contributed by atoms with Crippen LogP contribution < -0.4 is 5.32 Å². The minimum atomic E-state index is 0.478. The number of nitrogens with one attached hydrogen (secondary N) is 1. The molecule has 78 valence electrons. The van der Waals surface area contributed by atoms with Crippen LogP contribution in [-0.2, 0) is 18.3 Å². The van der Waals surface area contributed by atoms with E-state index in [4.69, 9.17) is 4.74 Å². The molecule has 1 saturated heterocycles. The first kappa shape index (κ1) is 9.61. The molecule has 1 aromatic heterocycles. The molecule has 1 aliphatic rings. The second-order valence-electron chi connectivity index (χ2n) is 3.62. The Hall–Kier alpha value is -0.940. The molecule has 0 saturated carbocycles. The van der Waals surface area contributed by atoms with Crippen LogP contribution in [0.25, 0.3) is 0 Å². The summed E-state index contributed by atoms with van der Waals surface area (Å²) >= 11 is 0. The van der Waals surface area contributed by atoms with E-state index in [0.717, 1.165) is 31.9 Å². The van der Waals surface area contributed by atoms with Gasteiger partial charge in [0.15, 0.2) is 0 Å². The van der Waals surface area contributed by atoms with E-state index >= 15 is 0 Å². The van der Waals surface area contributed by atoms with Crippen molar-refractivity contribution in [1.82, 2.24) is 20.3 Å². The molecule has 0 amide bonds. The van der Waals surface area contributed by atoms with E-state index in [-0.39, 0.29) is 0 Å². The molecule has 14 heavy (non-hydrogen) atoms. The SMILES string of the molecule is Cn1ncc(CN[C@H]2CCCOC2)n1. The Morgan fingerprint density at radius 3 is 3.29 bits per heavy atom. The first-order valence-electron chi connectivity index (χ1n) is 5.01. The fourth-order valence-electron chi connectivity index (χ4n) is 1.62. The van der Waals surface area contributed by atoms with Crippen molar-refractivity contribution in [2.24, 2.45) is 7.05 Å². The van der Waals surface area contributed by atoms with Crippen LogP contribution in [0.3, 0.4) is 0 Å². The van der Waals surface area contributed by atoms with Crippen molar-refractivity contribution in [1.29, 1.82) is 0 Å². The molecule has 0 unspecified atom stereocenters. The lowest BCUT2D eigenvalue weighted by Gasteiger charge is -2.22. The third kappa shape index (κ3) is 2.52. The summed E-state index contributed by atoms with van der Waals surface area (Å²) in [5, 5.41) is 11.6. The van der Waals surface area contributed by atoms with Crippen LogP contribution in [0.2, 0.25) is 0 Å². The summed E-state index contributed by atoms with van der Waals surface area (Å²) in [5.74, 6) is 0. The summed E-state index contributed by atoms with van der Waals surface area (Å²) in [6, 6.07) is 0.478. The van der Waals surface area contributed by atoms with Crippen molar-refractivity contribution < 1.29 is 4.74 Å². The summed E-state index contributed by atoms with van der Waals surface area (Å²) in [6.45, 7) is 2.51. The van der Waals surface area contributed by atoms with E-state index in [2.05, 4.69) is 15.5 Å². The summed E-state index contributed by atoms with van der Waals surface area (Å²) in [6.07, 6.45) is 4.13. The van der Waals surface area contributed by atoms with Gasteiger partial charge in [-0.3, -0.25) is 0 Å². The van der Waals surface area contributed by atoms with Gasteiger partial charge in [-0.05, 0) is 12.8 Å². The average Bonchev–Trinajstić information content (AvgIpc) is 2.63. The highest BCUT2D eigenvalue weighted by molar-refractivity contribution is 4.91. The second-order valence-corrected chi connectivity index (χ2v) is 3.62. The van der Waals surface area contributed by atoms with Gasteiger partial charge in [-0.1, -0.05) is 0 Å². The first-order valence-corrected chi connectivity index (χ1v) is 5.01. The zero-order chi connectivity index (χ0) is 9.80. The highest BCUT2D eigenvalue weighted by Crippen LogP contribution is 2.06. The first-order chi connectivity index (χ1) is 6.84. The third-order valence-electron chi connectivity index (χ3n) is 2.38. The maximum atomic E-state index is 5.37. The number of hydrogen-bond donors (Lipinski definition) is 1. The van der Waals surface area contributed by atoms with Gasteiger partial charge in [0.05, 0.1) is 18.5 Å². The minimum absolute atomic E-state index is 0.478. The fourth-order valence-corrected chi connectivity index (χ4v) is 1.62. The molecule has 0 spiro atoms. The highest BCUT2D eigenvalue weighted by atomic mass is 16.5. The molecule has 0 bridgehead atoms. The van der Waals surface area contributed by atoms with Gasteiger partial charge in [-0.15, -0.1) is 0 Å². The molecule has 0 radical (unpaired) electrons. The van der Waals surface area contributed by atoms with E-state index in [1.807, 2.05) is 7.05 Å². The molecular formula is C9H16N4O. The van der Waals surface area contributed by atoms with Crippen LogP contribution in [0, 0.1) is 0 Å². The van der Waals surface area contributed by atoms with Crippen molar-refractivity contribution in [2.45, 2.75) is 25.4 Å². The Bertz CT molecular complexity index is 280. The summed E-state index contributed by atoms with van der Waals surface area (Å²) in [4.78, 5) is 1.58. The Morgan fingerprint density at radius 2 is 2.64 bits per heavy atom. The monoisotopic (exact) mass is 196 g/mol. The summed E-state index contributed by atoms with van der Waals surface area (Å²) in [5.41, 5.74) is 0.984. The molecule has 0 aromatic carbocycles. The molecule has 2 heterocycles. The number of hydrogen-bond acceptors (Lipinski definition) is 4. The van der Waals surface area contributed by atoms with Crippen LogP contribution in [0.1, 0.15) is 18.5 Å². The average molecular weight is 196 g/mol. The van der Waals surface area contributed by atoms with Crippen LogP contribution in [0.15, 0.2) is 6.20 Å². The zero-order valence-electron chi connectivity index (χ0n) is 8.44. The van der Waals surface area contributed by atoms with E-state index in [0.29, 0.717) is 6.04 Å². The molecule has 1 atom stereocenters. The van der Waals surface area contributed by atoms with Gasteiger partial charge < -0.3 is 10.1 Å². The molecular weight excluding hydrogens is 180 g/mol. The van der Waals surface area contributed by atoms with Gasteiger partial charge in [-0.25, -0.2) is 0 Å². The number of aromatic nitrogens is 3. The second kappa shape index (κ2) is 4.52. The molecule has 1 N–H and O–H groups in total. The lowest BCUT2D eigenvalue weighted by atomic mass is 10.1. The largest absolute Gasteiger partial charge is 0.380 e. The Morgan fingerprint density at radius 1 is 1.71 bits per heavy atom. The smallest absolute Gasteiger partial charge is 0.0964 e. The fraction of sp³-hybridized carbons (Fsp3) is 0.778. The normalized spacial score (nSPS) is 22.5. The van der Waals surface area contributed by atoms with Crippen molar-refractivity contribution in [3.63, 3.8) is 0 Å². The van der Waals surface area contributed by atoms with Crippen molar-refractivity contribution in [2.75, 3.05) is 13.2 Å². The molecule has 1 aromatic rings. The molecule has 1 aliphatic heterocycles. The predicted molar refractivity (Wildman–Crippen MR) is 51.7 cm³/mol. The minimum Gasteiger partial charge on any atom is -0.380 e. The molecule has 2 rings (SSSR count). The van der Waals surface area contributed by atoms with Crippen LogP contribution in [-0.4, -0.2) is 34.2 Å². The third-order valence-corrected chi connectivity index (χ3v) is 2.38. The van der Waals surface area contributed by atoms with Crippen LogP contribution >= 0.6 is 0 Å². The summed E-state index contributed by atoms with van der Waals surface area (Å²) in [7, 11) is 1.83. The van der Waals surface area contributed by atoms with Crippen LogP contribution in [0.4, 0.5) is 0 Å². The Kier molecular flexibility index (Phi) is 3.10. The number of ether oxygens (including phenoxy) is 1. The Balaban J connectivity index is 1.76. The van der Waals surface area contributed by atoms with Gasteiger partial charge in [0.2, 0.25) is 0 Å². The van der Waals surface area contributed by atoms with Crippen molar-refractivity contribution >= 4 is 0 Å². The molecule has 5 heteroatoms. The predicted octanol–water partition coefficient (Wildman–Crippen LogP) is 0.0837. The van der Waals surface area contributed by atoms with Gasteiger partial charge in [0.1, 0.15) is 0 Å². The van der Waals surface area contributed by atoms with Gasteiger partial charge in [0.25, 0.3) is 0 Å².